The molecule has 31 heavy (non-hydrogen) atoms. The highest BCUT2D eigenvalue weighted by Gasteiger charge is 2.30. The average Bonchev–Trinajstić information content (AvgIpc) is 3.09. The molecule has 1 aliphatic rings. The maximum absolute atomic E-state index is 12.8. The van der Waals surface area contributed by atoms with E-state index in [0.717, 1.165) is 10.4 Å². The Bertz CT molecular complexity index is 1130. The van der Waals surface area contributed by atoms with Crippen LogP contribution in [0.25, 0.3) is 0 Å². The van der Waals surface area contributed by atoms with Crippen molar-refractivity contribution in [2.45, 2.75) is 43.9 Å². The Labute approximate surface area is 185 Å². The predicted molar refractivity (Wildman–Crippen MR) is 117 cm³/mol. The van der Waals surface area contributed by atoms with Crippen LogP contribution in [-0.4, -0.2) is 50.0 Å². The number of amides is 2. The van der Waals surface area contributed by atoms with Gasteiger partial charge in [0.05, 0.1) is 29.4 Å². The van der Waals surface area contributed by atoms with Gasteiger partial charge in [0.2, 0.25) is 5.91 Å². The number of fused-ring (bicyclic) bond motifs is 1. The number of sulfone groups is 1. The van der Waals surface area contributed by atoms with Crippen molar-refractivity contribution >= 4 is 44.0 Å². The van der Waals surface area contributed by atoms with Crippen LogP contribution in [0.3, 0.4) is 0 Å². The first-order valence-electron chi connectivity index (χ1n) is 9.70. The number of carbonyl (C=O) groups excluding carboxylic acids is 3. The lowest BCUT2D eigenvalue weighted by molar-refractivity contribution is -0.129. The Balaban J connectivity index is 1.89. The lowest BCUT2D eigenvalue weighted by Crippen LogP contribution is -2.33. The van der Waals surface area contributed by atoms with E-state index >= 15 is 0 Å². The van der Waals surface area contributed by atoms with Gasteiger partial charge in [-0.05, 0) is 50.1 Å². The predicted octanol–water partition coefficient (Wildman–Crippen LogP) is 2.87. The Hall–Kier alpha value is -2.72. The summed E-state index contributed by atoms with van der Waals surface area (Å²) in [5.74, 6) is -1.08. The van der Waals surface area contributed by atoms with Gasteiger partial charge in [0, 0.05) is 23.9 Å². The minimum atomic E-state index is -3.44. The van der Waals surface area contributed by atoms with Crippen LogP contribution in [-0.2, 0) is 32.3 Å². The Morgan fingerprint density at radius 3 is 2.35 bits per heavy atom. The summed E-state index contributed by atoms with van der Waals surface area (Å²) in [5, 5.41) is 2.54. The van der Waals surface area contributed by atoms with Crippen molar-refractivity contribution in [1.29, 1.82) is 0 Å². The molecule has 0 aliphatic carbocycles. The molecule has 3 rings (SSSR count). The van der Waals surface area contributed by atoms with Crippen molar-refractivity contribution in [3.8, 4) is 0 Å². The smallest absolute Gasteiger partial charge is 0.341 e. The largest absolute Gasteiger partial charge is 0.465 e. The number of benzene rings is 1. The van der Waals surface area contributed by atoms with Gasteiger partial charge in [-0.15, -0.1) is 11.3 Å². The van der Waals surface area contributed by atoms with Crippen LogP contribution in [0.15, 0.2) is 29.2 Å². The third-order valence-corrected chi connectivity index (χ3v) is 8.49. The molecule has 10 heteroatoms. The highest BCUT2D eigenvalue weighted by molar-refractivity contribution is 7.92. The summed E-state index contributed by atoms with van der Waals surface area (Å²) in [6, 6.07) is 5.67. The molecule has 0 radical (unpaired) electrons. The van der Waals surface area contributed by atoms with Gasteiger partial charge in [0.25, 0.3) is 5.91 Å². The molecule has 0 fully saturated rings. The maximum Gasteiger partial charge on any atom is 0.341 e. The molecule has 0 saturated carbocycles. The molecule has 2 aromatic rings. The minimum absolute atomic E-state index is 0.0549. The van der Waals surface area contributed by atoms with Gasteiger partial charge in [-0.3, -0.25) is 9.59 Å². The first-order chi connectivity index (χ1) is 14.6. The Kier molecular flexibility index (Phi) is 6.51. The molecule has 2 amide bonds. The lowest BCUT2D eigenvalue weighted by atomic mass is 10.0. The molecule has 0 unspecified atom stereocenters. The van der Waals surface area contributed by atoms with Gasteiger partial charge in [-0.1, -0.05) is 0 Å². The first-order valence-corrected chi connectivity index (χ1v) is 12.1. The number of methoxy groups -OCH3 is 1. The summed E-state index contributed by atoms with van der Waals surface area (Å²) in [6.07, 6.45) is 0.494. The number of carbonyl (C=O) groups is 3. The first kappa shape index (κ1) is 23.0. The van der Waals surface area contributed by atoms with Crippen LogP contribution < -0.4 is 5.32 Å². The molecule has 0 atom stereocenters. The Morgan fingerprint density at radius 1 is 1.16 bits per heavy atom. The summed E-state index contributed by atoms with van der Waals surface area (Å²) in [7, 11) is -2.16. The molecule has 1 aromatic heterocycles. The molecule has 166 valence electrons. The van der Waals surface area contributed by atoms with Gasteiger partial charge >= 0.3 is 5.97 Å². The zero-order valence-corrected chi connectivity index (χ0v) is 19.4. The topological polar surface area (TPSA) is 110 Å². The van der Waals surface area contributed by atoms with Gasteiger partial charge < -0.3 is 15.0 Å². The molecular formula is C21H24N2O6S2. The summed E-state index contributed by atoms with van der Waals surface area (Å²) >= 11 is 1.24. The summed E-state index contributed by atoms with van der Waals surface area (Å²) in [5.41, 5.74) is 1.34. The number of nitrogens with one attached hydrogen (secondary N) is 1. The van der Waals surface area contributed by atoms with E-state index in [2.05, 4.69) is 5.32 Å². The van der Waals surface area contributed by atoms with Gasteiger partial charge in [-0.25, -0.2) is 13.2 Å². The fraction of sp³-hybridized carbons (Fsp3) is 0.381. The van der Waals surface area contributed by atoms with Crippen molar-refractivity contribution in [1.82, 2.24) is 4.90 Å². The van der Waals surface area contributed by atoms with Crippen molar-refractivity contribution in [3.05, 3.63) is 45.8 Å². The number of hydrogen-bond acceptors (Lipinski definition) is 7. The molecule has 8 nitrogen and oxygen atoms in total. The van der Waals surface area contributed by atoms with E-state index in [1.807, 2.05) is 0 Å². The minimum Gasteiger partial charge on any atom is -0.465 e. The van der Waals surface area contributed by atoms with Gasteiger partial charge in [-0.2, -0.15) is 0 Å². The number of nitrogens with zero attached hydrogens (tertiary/aromatic N) is 1. The quantitative estimate of drug-likeness (QED) is 0.682. The van der Waals surface area contributed by atoms with Crippen molar-refractivity contribution in [2.75, 3.05) is 19.0 Å². The molecule has 0 saturated heterocycles. The fourth-order valence-corrected chi connectivity index (χ4v) is 5.63. The second-order valence-electron chi connectivity index (χ2n) is 7.46. The second-order valence-corrected chi connectivity index (χ2v) is 11.1. The molecule has 2 heterocycles. The van der Waals surface area contributed by atoms with Gasteiger partial charge in [0.15, 0.2) is 9.84 Å². The zero-order valence-electron chi connectivity index (χ0n) is 17.7. The van der Waals surface area contributed by atoms with Gasteiger partial charge in [0.1, 0.15) is 5.00 Å². The number of esters is 1. The van der Waals surface area contributed by atoms with Crippen LogP contribution >= 0.6 is 11.3 Å². The molecule has 0 spiro atoms. The highest BCUT2D eigenvalue weighted by Crippen LogP contribution is 2.38. The van der Waals surface area contributed by atoms with Crippen LogP contribution in [0.5, 0.6) is 0 Å². The van der Waals surface area contributed by atoms with E-state index in [0.29, 0.717) is 30.1 Å². The number of rotatable bonds is 5. The molecule has 1 aromatic carbocycles. The third kappa shape index (κ3) is 4.49. The van der Waals surface area contributed by atoms with E-state index in [4.69, 9.17) is 4.74 Å². The van der Waals surface area contributed by atoms with Crippen LogP contribution in [0.2, 0.25) is 0 Å². The fourth-order valence-electron chi connectivity index (χ4n) is 3.32. The number of anilines is 1. The van der Waals surface area contributed by atoms with Crippen molar-refractivity contribution in [3.63, 3.8) is 0 Å². The Morgan fingerprint density at radius 2 is 1.81 bits per heavy atom. The summed E-state index contributed by atoms with van der Waals surface area (Å²) in [6.45, 7) is 5.54. The molecular weight excluding hydrogens is 440 g/mol. The van der Waals surface area contributed by atoms with Crippen LogP contribution in [0.4, 0.5) is 5.00 Å². The van der Waals surface area contributed by atoms with Crippen LogP contribution in [0.1, 0.15) is 51.9 Å². The number of hydrogen-bond donors (Lipinski definition) is 1. The van der Waals surface area contributed by atoms with Crippen LogP contribution in [0, 0.1) is 0 Å². The standard InChI is InChI=1S/C21H24N2O6S2/c1-12(2)31(27,28)15-7-5-14(6-8-15)19(25)22-20-18(21(26)29-4)16-9-10-23(13(3)24)11-17(16)30-20/h5-8,12H,9-11H2,1-4H3,(H,22,25). The molecule has 1 aliphatic heterocycles. The van der Waals surface area contributed by atoms with E-state index in [1.54, 1.807) is 18.7 Å². The van der Waals surface area contributed by atoms with E-state index in [9.17, 15) is 22.8 Å². The number of thiophene rings is 1. The summed E-state index contributed by atoms with van der Waals surface area (Å²) < 4.78 is 29.4. The highest BCUT2D eigenvalue weighted by atomic mass is 32.2. The second kappa shape index (κ2) is 8.80. The monoisotopic (exact) mass is 464 g/mol. The van der Waals surface area contributed by atoms with Crippen molar-refractivity contribution < 1.29 is 27.5 Å². The zero-order chi connectivity index (χ0) is 22.9. The summed E-state index contributed by atoms with van der Waals surface area (Å²) in [4.78, 5) is 39.6. The number of ether oxygens (including phenoxy) is 1. The lowest BCUT2D eigenvalue weighted by Gasteiger charge is -2.25. The third-order valence-electron chi connectivity index (χ3n) is 5.18. The van der Waals surface area contributed by atoms with Crippen molar-refractivity contribution in [2.24, 2.45) is 0 Å². The van der Waals surface area contributed by atoms with E-state index in [1.165, 1.54) is 49.6 Å². The molecule has 1 N–H and O–H groups in total. The SMILES string of the molecule is COC(=O)c1c(NC(=O)c2ccc(S(=O)(=O)C(C)C)cc2)sc2c1CCN(C(C)=O)C2. The molecule has 0 bridgehead atoms. The van der Waals surface area contributed by atoms with E-state index in [-0.39, 0.29) is 16.4 Å². The average molecular weight is 465 g/mol. The maximum atomic E-state index is 12.8. The van der Waals surface area contributed by atoms with E-state index < -0.39 is 27.0 Å². The normalized spacial score (nSPS) is 13.6.